The summed E-state index contributed by atoms with van der Waals surface area (Å²) >= 11 is 9.06. The van der Waals surface area contributed by atoms with Crippen molar-refractivity contribution >= 4 is 39.1 Å². The number of hydrogen-bond donors (Lipinski definition) is 1. The Labute approximate surface area is 89.0 Å². The molecule has 0 aromatic heterocycles. The van der Waals surface area contributed by atoms with Crippen LogP contribution in [0.25, 0.3) is 5.57 Å². The van der Waals surface area contributed by atoms with Gasteiger partial charge in [0.1, 0.15) is 0 Å². The SMILES string of the molecule is C=C(C(=O)O)c1cccc(Br)c1Cl. The monoisotopic (exact) mass is 260 g/mol. The molecule has 13 heavy (non-hydrogen) atoms. The fourth-order valence-electron chi connectivity index (χ4n) is 0.852. The molecule has 0 aliphatic carbocycles. The van der Waals surface area contributed by atoms with E-state index in [1.165, 1.54) is 0 Å². The van der Waals surface area contributed by atoms with Gasteiger partial charge in [-0.25, -0.2) is 4.79 Å². The van der Waals surface area contributed by atoms with Gasteiger partial charge in [0.05, 0.1) is 10.6 Å². The molecule has 0 aliphatic heterocycles. The molecule has 0 heterocycles. The lowest BCUT2D eigenvalue weighted by Crippen LogP contribution is -1.98. The van der Waals surface area contributed by atoms with Crippen molar-refractivity contribution in [1.29, 1.82) is 0 Å². The van der Waals surface area contributed by atoms with Gasteiger partial charge in [0, 0.05) is 10.0 Å². The number of aliphatic carboxylic acids is 1. The summed E-state index contributed by atoms with van der Waals surface area (Å²) in [6.45, 7) is 3.42. The summed E-state index contributed by atoms with van der Waals surface area (Å²) in [6.07, 6.45) is 0. The molecule has 1 aromatic carbocycles. The van der Waals surface area contributed by atoms with Crippen LogP contribution in [0.15, 0.2) is 29.3 Å². The minimum Gasteiger partial charge on any atom is -0.478 e. The summed E-state index contributed by atoms with van der Waals surface area (Å²) in [5.41, 5.74) is 0.426. The molecule has 1 rings (SSSR count). The molecule has 0 aliphatic rings. The lowest BCUT2D eigenvalue weighted by atomic mass is 10.1. The Bertz CT molecular complexity index is 374. The van der Waals surface area contributed by atoms with Gasteiger partial charge in [0.2, 0.25) is 0 Å². The zero-order valence-corrected chi connectivity index (χ0v) is 8.89. The van der Waals surface area contributed by atoms with Crippen LogP contribution in [0.2, 0.25) is 5.02 Å². The van der Waals surface area contributed by atoms with Crippen LogP contribution in [-0.4, -0.2) is 11.1 Å². The van der Waals surface area contributed by atoms with Crippen LogP contribution in [0, 0.1) is 0 Å². The van der Waals surface area contributed by atoms with Crippen LogP contribution in [0.4, 0.5) is 0 Å². The number of benzene rings is 1. The second-order valence-corrected chi connectivity index (χ2v) is 3.62. The molecule has 0 saturated carbocycles. The Balaban J connectivity index is 3.23. The van der Waals surface area contributed by atoms with E-state index in [9.17, 15) is 4.79 Å². The van der Waals surface area contributed by atoms with Crippen molar-refractivity contribution < 1.29 is 9.90 Å². The average Bonchev–Trinajstić information content (AvgIpc) is 2.08. The van der Waals surface area contributed by atoms with E-state index < -0.39 is 5.97 Å². The first-order valence-corrected chi connectivity index (χ1v) is 4.57. The van der Waals surface area contributed by atoms with Gasteiger partial charge in [0.15, 0.2) is 0 Å². The number of halogens is 2. The minimum absolute atomic E-state index is 0.00806. The highest BCUT2D eigenvalue weighted by Gasteiger charge is 2.12. The number of carbonyl (C=O) groups is 1. The maximum Gasteiger partial charge on any atom is 0.335 e. The third kappa shape index (κ3) is 2.11. The molecule has 2 nitrogen and oxygen atoms in total. The highest BCUT2D eigenvalue weighted by atomic mass is 79.9. The van der Waals surface area contributed by atoms with Gasteiger partial charge in [-0.1, -0.05) is 30.3 Å². The van der Waals surface area contributed by atoms with Crippen LogP contribution in [0.5, 0.6) is 0 Å². The summed E-state index contributed by atoms with van der Waals surface area (Å²) in [5, 5.41) is 9.05. The predicted octanol–water partition coefficient (Wildman–Crippen LogP) is 3.20. The molecule has 0 spiro atoms. The third-order valence-electron chi connectivity index (χ3n) is 1.53. The molecule has 0 atom stereocenters. The van der Waals surface area contributed by atoms with Gasteiger partial charge in [-0.05, 0) is 22.0 Å². The molecule has 0 radical (unpaired) electrons. The maximum atomic E-state index is 10.6. The summed E-state index contributed by atoms with van der Waals surface area (Å²) in [7, 11) is 0. The second kappa shape index (κ2) is 3.94. The zero-order valence-electron chi connectivity index (χ0n) is 6.55. The van der Waals surface area contributed by atoms with Crippen molar-refractivity contribution in [2.45, 2.75) is 0 Å². The van der Waals surface area contributed by atoms with E-state index in [-0.39, 0.29) is 5.57 Å². The normalized spacial score (nSPS) is 9.69. The Morgan fingerprint density at radius 3 is 2.69 bits per heavy atom. The number of carboxylic acid groups (broad SMARTS) is 1. The summed E-state index contributed by atoms with van der Waals surface area (Å²) in [5.74, 6) is -1.07. The van der Waals surface area contributed by atoms with Crippen LogP contribution < -0.4 is 0 Å². The summed E-state index contributed by atoms with van der Waals surface area (Å²) in [4.78, 5) is 10.6. The van der Waals surface area contributed by atoms with Gasteiger partial charge < -0.3 is 5.11 Å². The van der Waals surface area contributed by atoms with Crippen LogP contribution >= 0.6 is 27.5 Å². The zero-order chi connectivity index (χ0) is 10.0. The van der Waals surface area contributed by atoms with Gasteiger partial charge in [0.25, 0.3) is 0 Å². The fraction of sp³-hybridized carbons (Fsp3) is 0. The molecule has 68 valence electrons. The second-order valence-electron chi connectivity index (χ2n) is 2.39. The first-order valence-electron chi connectivity index (χ1n) is 3.40. The number of rotatable bonds is 2. The van der Waals surface area contributed by atoms with Crippen molar-refractivity contribution in [2.75, 3.05) is 0 Å². The topological polar surface area (TPSA) is 37.3 Å². The Morgan fingerprint density at radius 2 is 2.15 bits per heavy atom. The van der Waals surface area contributed by atoms with Crippen LogP contribution in [0.1, 0.15) is 5.56 Å². The predicted molar refractivity (Wildman–Crippen MR) is 55.8 cm³/mol. The van der Waals surface area contributed by atoms with E-state index in [1.54, 1.807) is 18.2 Å². The largest absolute Gasteiger partial charge is 0.478 e. The summed E-state index contributed by atoms with van der Waals surface area (Å²) in [6, 6.07) is 5.06. The molecular weight excluding hydrogens is 255 g/mol. The highest BCUT2D eigenvalue weighted by molar-refractivity contribution is 9.10. The third-order valence-corrected chi connectivity index (χ3v) is 2.83. The van der Waals surface area contributed by atoms with E-state index in [2.05, 4.69) is 22.5 Å². The standard InChI is InChI=1S/C9H6BrClO2/c1-5(9(12)13)6-3-2-4-7(10)8(6)11/h2-4H,1H2,(H,12,13). The van der Waals surface area contributed by atoms with Gasteiger partial charge >= 0.3 is 5.97 Å². The number of hydrogen-bond acceptors (Lipinski definition) is 1. The quantitative estimate of drug-likeness (QED) is 0.830. The van der Waals surface area contributed by atoms with E-state index in [0.717, 1.165) is 0 Å². The van der Waals surface area contributed by atoms with E-state index in [0.29, 0.717) is 15.1 Å². The van der Waals surface area contributed by atoms with Crippen molar-refractivity contribution in [3.05, 3.63) is 39.8 Å². The van der Waals surface area contributed by atoms with E-state index >= 15 is 0 Å². The molecule has 0 bridgehead atoms. The van der Waals surface area contributed by atoms with Crippen LogP contribution in [0.3, 0.4) is 0 Å². The maximum absolute atomic E-state index is 10.6. The smallest absolute Gasteiger partial charge is 0.335 e. The Morgan fingerprint density at radius 1 is 1.54 bits per heavy atom. The molecule has 0 fully saturated rings. The Kier molecular flexibility index (Phi) is 3.12. The molecular formula is C9H6BrClO2. The van der Waals surface area contributed by atoms with Crippen molar-refractivity contribution in [3.8, 4) is 0 Å². The first kappa shape index (κ1) is 10.3. The minimum atomic E-state index is -1.07. The first-order chi connectivity index (χ1) is 6.04. The lowest BCUT2D eigenvalue weighted by Gasteiger charge is -2.04. The summed E-state index contributed by atoms with van der Waals surface area (Å²) < 4.78 is 0.661. The molecule has 0 unspecified atom stereocenters. The van der Waals surface area contributed by atoms with E-state index in [4.69, 9.17) is 16.7 Å². The fourth-order valence-corrected chi connectivity index (χ4v) is 1.46. The van der Waals surface area contributed by atoms with Crippen molar-refractivity contribution in [3.63, 3.8) is 0 Å². The van der Waals surface area contributed by atoms with E-state index in [1.807, 2.05) is 0 Å². The molecule has 1 aromatic rings. The van der Waals surface area contributed by atoms with Crippen molar-refractivity contribution in [1.82, 2.24) is 0 Å². The molecule has 1 N–H and O–H groups in total. The van der Waals surface area contributed by atoms with Gasteiger partial charge in [-0.2, -0.15) is 0 Å². The Hall–Kier alpha value is -0.800. The van der Waals surface area contributed by atoms with Gasteiger partial charge in [-0.15, -0.1) is 0 Å². The van der Waals surface area contributed by atoms with Crippen molar-refractivity contribution in [2.24, 2.45) is 0 Å². The molecule has 4 heteroatoms. The molecule has 0 saturated heterocycles. The van der Waals surface area contributed by atoms with Crippen LogP contribution in [-0.2, 0) is 4.79 Å². The molecule has 0 amide bonds. The highest BCUT2D eigenvalue weighted by Crippen LogP contribution is 2.29. The lowest BCUT2D eigenvalue weighted by molar-refractivity contribution is -0.130. The number of carboxylic acids is 1. The van der Waals surface area contributed by atoms with Gasteiger partial charge in [-0.3, -0.25) is 0 Å². The average molecular weight is 262 g/mol.